The van der Waals surface area contributed by atoms with Gasteiger partial charge in [0.25, 0.3) is 5.91 Å². The molecule has 4 N–H and O–H groups in total. The zero-order valence-corrected chi connectivity index (χ0v) is 19.0. The molecule has 0 bridgehead atoms. The molecule has 2 fully saturated rings. The van der Waals surface area contributed by atoms with Crippen LogP contribution in [-0.2, 0) is 11.3 Å². The lowest BCUT2D eigenvalue weighted by molar-refractivity contribution is -0.115. The van der Waals surface area contributed by atoms with E-state index in [9.17, 15) is 4.79 Å². The highest BCUT2D eigenvalue weighted by atomic mass is 35.5. The van der Waals surface area contributed by atoms with Gasteiger partial charge in [-0.1, -0.05) is 36.6 Å². The summed E-state index contributed by atoms with van der Waals surface area (Å²) in [4.78, 5) is 19.9. The molecular formula is C24H31ClN6O. The molecule has 0 aliphatic carbocycles. The van der Waals surface area contributed by atoms with Crippen LogP contribution in [0, 0.1) is 5.41 Å². The van der Waals surface area contributed by atoms with Crippen molar-refractivity contribution in [2.24, 2.45) is 0 Å². The topological polar surface area (TPSA) is 93.1 Å². The zero-order valence-electron chi connectivity index (χ0n) is 18.3. The highest BCUT2D eigenvalue weighted by Gasteiger charge is 2.23. The summed E-state index contributed by atoms with van der Waals surface area (Å²) in [6, 6.07) is 11.5. The minimum absolute atomic E-state index is 0.0644. The molecular weight excluding hydrogens is 424 g/mol. The Morgan fingerprint density at radius 1 is 1.12 bits per heavy atom. The quantitative estimate of drug-likeness (QED) is 0.480. The fourth-order valence-electron chi connectivity index (χ4n) is 4.21. The predicted octanol–water partition coefficient (Wildman–Crippen LogP) is 3.57. The third-order valence-electron chi connectivity index (χ3n) is 6.08. The molecule has 1 atom stereocenters. The molecule has 2 aromatic rings. The standard InChI is InChI=1S/C24H31ClN6O/c25-18-7-5-17(6-8-18)15-28-23-20(22(26)24(32)29-19-11-12-27-16-19)9-10-21(30-23)31-13-3-1-2-4-14-31/h5-10,19,26-27H,1-4,11-16H2,(H,28,30)(H,29,32). The number of anilines is 2. The van der Waals surface area contributed by atoms with Gasteiger partial charge in [-0.15, -0.1) is 0 Å². The van der Waals surface area contributed by atoms with Crippen LogP contribution >= 0.6 is 11.6 Å². The third kappa shape index (κ3) is 5.78. The molecule has 170 valence electrons. The van der Waals surface area contributed by atoms with Gasteiger partial charge in [-0.3, -0.25) is 10.2 Å². The molecule has 2 aliphatic rings. The maximum Gasteiger partial charge on any atom is 0.270 e. The largest absolute Gasteiger partial charge is 0.365 e. The molecule has 7 nitrogen and oxygen atoms in total. The van der Waals surface area contributed by atoms with Gasteiger partial charge in [0.1, 0.15) is 17.3 Å². The summed E-state index contributed by atoms with van der Waals surface area (Å²) < 4.78 is 0. The molecule has 0 spiro atoms. The van der Waals surface area contributed by atoms with Crippen LogP contribution in [0.4, 0.5) is 11.6 Å². The first-order valence-corrected chi connectivity index (χ1v) is 11.8. The molecule has 1 unspecified atom stereocenters. The number of rotatable bonds is 7. The van der Waals surface area contributed by atoms with Gasteiger partial charge in [0, 0.05) is 42.8 Å². The maximum atomic E-state index is 12.8. The third-order valence-corrected chi connectivity index (χ3v) is 6.33. The van der Waals surface area contributed by atoms with E-state index in [1.165, 1.54) is 12.8 Å². The van der Waals surface area contributed by atoms with E-state index in [0.717, 1.165) is 56.8 Å². The van der Waals surface area contributed by atoms with Crippen molar-refractivity contribution in [1.29, 1.82) is 5.41 Å². The van der Waals surface area contributed by atoms with Crippen LogP contribution in [0.5, 0.6) is 0 Å². The number of amides is 1. The van der Waals surface area contributed by atoms with Crippen molar-refractivity contribution in [3.05, 3.63) is 52.5 Å². The Hall–Kier alpha value is -2.64. The Morgan fingerprint density at radius 3 is 2.56 bits per heavy atom. The molecule has 2 saturated heterocycles. The Kier molecular flexibility index (Phi) is 7.60. The van der Waals surface area contributed by atoms with Gasteiger partial charge in [-0.05, 0) is 55.6 Å². The van der Waals surface area contributed by atoms with Crippen LogP contribution < -0.4 is 20.9 Å². The van der Waals surface area contributed by atoms with Crippen molar-refractivity contribution in [1.82, 2.24) is 15.6 Å². The van der Waals surface area contributed by atoms with E-state index >= 15 is 0 Å². The Labute approximate surface area is 194 Å². The van der Waals surface area contributed by atoms with E-state index < -0.39 is 0 Å². The molecule has 32 heavy (non-hydrogen) atoms. The molecule has 8 heteroatoms. The molecule has 3 heterocycles. The van der Waals surface area contributed by atoms with Crippen LogP contribution in [-0.4, -0.2) is 48.8 Å². The van der Waals surface area contributed by atoms with Gasteiger partial charge in [0.15, 0.2) is 0 Å². The monoisotopic (exact) mass is 454 g/mol. The van der Waals surface area contributed by atoms with Crippen LogP contribution in [0.25, 0.3) is 0 Å². The van der Waals surface area contributed by atoms with Crippen molar-refractivity contribution in [2.75, 3.05) is 36.4 Å². The number of nitrogens with one attached hydrogen (secondary N) is 4. The van der Waals surface area contributed by atoms with Crippen molar-refractivity contribution in [3.63, 3.8) is 0 Å². The number of aromatic nitrogens is 1. The summed E-state index contributed by atoms with van der Waals surface area (Å²) in [7, 11) is 0. The summed E-state index contributed by atoms with van der Waals surface area (Å²) in [5.74, 6) is 1.09. The van der Waals surface area contributed by atoms with E-state index in [4.69, 9.17) is 22.0 Å². The summed E-state index contributed by atoms with van der Waals surface area (Å²) >= 11 is 6.01. The maximum absolute atomic E-state index is 12.8. The van der Waals surface area contributed by atoms with Gasteiger partial charge >= 0.3 is 0 Å². The lowest BCUT2D eigenvalue weighted by atomic mass is 10.1. The zero-order chi connectivity index (χ0) is 22.3. The SMILES string of the molecule is N=C(C(=O)NC1CCNC1)c1ccc(N2CCCCCC2)nc1NCc1ccc(Cl)cc1. The lowest BCUT2D eigenvalue weighted by Gasteiger charge is -2.23. The van der Waals surface area contributed by atoms with E-state index in [-0.39, 0.29) is 17.7 Å². The van der Waals surface area contributed by atoms with Crippen molar-refractivity contribution >= 4 is 34.9 Å². The summed E-state index contributed by atoms with van der Waals surface area (Å²) in [6.07, 6.45) is 5.69. The van der Waals surface area contributed by atoms with Gasteiger partial charge in [-0.25, -0.2) is 4.98 Å². The van der Waals surface area contributed by atoms with Crippen LogP contribution in [0.1, 0.15) is 43.2 Å². The van der Waals surface area contributed by atoms with Gasteiger partial charge in [0.05, 0.1) is 0 Å². The van der Waals surface area contributed by atoms with Crippen LogP contribution in [0.3, 0.4) is 0 Å². The molecule has 1 aromatic carbocycles. The second-order valence-corrected chi connectivity index (χ2v) is 8.92. The summed E-state index contributed by atoms with van der Waals surface area (Å²) in [6.45, 7) is 4.12. The predicted molar refractivity (Wildman–Crippen MR) is 130 cm³/mol. The second kappa shape index (κ2) is 10.8. The molecule has 0 radical (unpaired) electrons. The fourth-order valence-corrected chi connectivity index (χ4v) is 4.33. The molecule has 2 aliphatic heterocycles. The van der Waals surface area contributed by atoms with Gasteiger partial charge < -0.3 is 20.9 Å². The molecule has 0 saturated carbocycles. The summed E-state index contributed by atoms with van der Waals surface area (Å²) in [5.41, 5.74) is 1.50. The molecule has 1 amide bonds. The van der Waals surface area contributed by atoms with Crippen molar-refractivity contribution < 1.29 is 4.79 Å². The number of carbonyl (C=O) groups is 1. The van der Waals surface area contributed by atoms with E-state index in [0.29, 0.717) is 22.9 Å². The lowest BCUT2D eigenvalue weighted by Crippen LogP contribution is -2.40. The minimum Gasteiger partial charge on any atom is -0.365 e. The van der Waals surface area contributed by atoms with Gasteiger partial charge in [-0.2, -0.15) is 0 Å². The van der Waals surface area contributed by atoms with E-state index in [2.05, 4.69) is 20.9 Å². The molecule has 4 rings (SSSR count). The van der Waals surface area contributed by atoms with Crippen molar-refractivity contribution in [2.45, 2.75) is 44.7 Å². The number of carbonyl (C=O) groups excluding carboxylic acids is 1. The average molecular weight is 455 g/mol. The fraction of sp³-hybridized carbons (Fsp3) is 0.458. The number of pyridine rings is 1. The Morgan fingerprint density at radius 2 is 1.88 bits per heavy atom. The number of hydrogen-bond acceptors (Lipinski definition) is 6. The number of benzene rings is 1. The Bertz CT molecular complexity index is 934. The highest BCUT2D eigenvalue weighted by Crippen LogP contribution is 2.23. The first kappa shape index (κ1) is 22.6. The van der Waals surface area contributed by atoms with Gasteiger partial charge in [0.2, 0.25) is 0 Å². The van der Waals surface area contributed by atoms with E-state index in [1.54, 1.807) is 0 Å². The normalized spacial score (nSPS) is 18.8. The smallest absolute Gasteiger partial charge is 0.270 e. The average Bonchev–Trinajstić information content (AvgIpc) is 3.16. The van der Waals surface area contributed by atoms with E-state index in [1.807, 2.05) is 36.4 Å². The number of hydrogen-bond donors (Lipinski definition) is 4. The summed E-state index contributed by atoms with van der Waals surface area (Å²) in [5, 5.41) is 18.8. The van der Waals surface area contributed by atoms with Crippen LogP contribution in [0.15, 0.2) is 36.4 Å². The number of halogens is 1. The number of nitrogens with zero attached hydrogens (tertiary/aromatic N) is 2. The first-order valence-electron chi connectivity index (χ1n) is 11.4. The second-order valence-electron chi connectivity index (χ2n) is 8.49. The Balaban J connectivity index is 1.55. The minimum atomic E-state index is -0.363. The first-order chi connectivity index (χ1) is 15.6. The molecule has 1 aromatic heterocycles. The highest BCUT2D eigenvalue weighted by molar-refractivity contribution is 6.45. The van der Waals surface area contributed by atoms with Crippen molar-refractivity contribution in [3.8, 4) is 0 Å². The van der Waals surface area contributed by atoms with Crippen LogP contribution in [0.2, 0.25) is 5.02 Å².